The van der Waals surface area contributed by atoms with Crippen LogP contribution in [0, 0.1) is 0 Å². The van der Waals surface area contributed by atoms with E-state index < -0.39 is 0 Å². The number of carbonyl (C=O) groups excluding carboxylic acids is 1. The van der Waals surface area contributed by atoms with Crippen LogP contribution in [0.25, 0.3) is 0 Å². The minimum Gasteiger partial charge on any atom is -0.377 e. The highest BCUT2D eigenvalue weighted by Crippen LogP contribution is 2.18. The maximum Gasteiger partial charge on any atom is 0.269 e. The Hall–Kier alpha value is -2.40. The number of pyridine rings is 1. The van der Waals surface area contributed by atoms with Crippen molar-refractivity contribution >= 4 is 11.6 Å². The lowest BCUT2D eigenvalue weighted by molar-refractivity contribution is 0.0946. The maximum absolute atomic E-state index is 12.0. The van der Waals surface area contributed by atoms with Gasteiger partial charge in [-0.3, -0.25) is 4.79 Å². The van der Waals surface area contributed by atoms with Crippen LogP contribution in [0.15, 0.2) is 48.7 Å². The average Bonchev–Trinajstić information content (AvgIpc) is 2.56. The van der Waals surface area contributed by atoms with Crippen molar-refractivity contribution in [1.82, 2.24) is 15.2 Å². The summed E-state index contributed by atoms with van der Waals surface area (Å²) in [6.07, 6.45) is 1.69. The third kappa shape index (κ3) is 5.38. The second-order valence-electron chi connectivity index (χ2n) is 5.77. The first-order chi connectivity index (χ1) is 11.1. The van der Waals surface area contributed by atoms with Crippen LogP contribution >= 0.6 is 0 Å². The van der Waals surface area contributed by atoms with Gasteiger partial charge in [0, 0.05) is 19.1 Å². The first-order valence-corrected chi connectivity index (χ1v) is 7.76. The van der Waals surface area contributed by atoms with E-state index in [9.17, 15) is 4.79 Å². The number of nitrogens with zero attached hydrogens (tertiary/aromatic N) is 2. The van der Waals surface area contributed by atoms with Crippen LogP contribution in [0.1, 0.15) is 29.0 Å². The first kappa shape index (κ1) is 17.0. The SMILES string of the molecule is CC(Nc1ccc(C(=O)NCCN(C)C)nc1)c1ccccc1. The summed E-state index contributed by atoms with van der Waals surface area (Å²) in [5.74, 6) is -0.144. The number of benzene rings is 1. The van der Waals surface area contributed by atoms with E-state index in [0.717, 1.165) is 12.2 Å². The number of rotatable bonds is 7. The fourth-order valence-electron chi connectivity index (χ4n) is 2.17. The molecule has 2 N–H and O–H groups in total. The Balaban J connectivity index is 1.90. The Morgan fingerprint density at radius 2 is 1.91 bits per heavy atom. The Bertz CT molecular complexity index is 611. The minimum atomic E-state index is -0.144. The Labute approximate surface area is 137 Å². The standard InChI is InChI=1S/C18H24N4O/c1-14(15-7-5-4-6-8-15)21-16-9-10-17(20-13-16)18(23)19-11-12-22(2)3/h4-10,13-14,21H,11-12H2,1-3H3,(H,19,23). The molecule has 2 rings (SSSR count). The lowest BCUT2D eigenvalue weighted by Gasteiger charge is -2.15. The largest absolute Gasteiger partial charge is 0.377 e. The van der Waals surface area contributed by atoms with E-state index in [-0.39, 0.29) is 11.9 Å². The number of hydrogen-bond acceptors (Lipinski definition) is 4. The first-order valence-electron chi connectivity index (χ1n) is 7.76. The molecule has 5 nitrogen and oxygen atoms in total. The maximum atomic E-state index is 12.0. The summed E-state index contributed by atoms with van der Waals surface area (Å²) >= 11 is 0. The van der Waals surface area contributed by atoms with E-state index in [1.54, 1.807) is 12.3 Å². The second kappa shape index (κ2) is 8.29. The molecular weight excluding hydrogens is 288 g/mol. The third-order valence-corrected chi connectivity index (χ3v) is 3.52. The van der Waals surface area contributed by atoms with E-state index >= 15 is 0 Å². The van der Waals surface area contributed by atoms with Gasteiger partial charge in [-0.05, 0) is 38.7 Å². The molecule has 0 saturated carbocycles. The molecule has 0 aliphatic carbocycles. The molecule has 0 saturated heterocycles. The van der Waals surface area contributed by atoms with E-state index in [1.165, 1.54) is 5.56 Å². The molecule has 0 spiro atoms. The lowest BCUT2D eigenvalue weighted by atomic mass is 10.1. The molecule has 23 heavy (non-hydrogen) atoms. The highest BCUT2D eigenvalue weighted by Gasteiger charge is 2.08. The zero-order valence-electron chi connectivity index (χ0n) is 13.9. The highest BCUT2D eigenvalue weighted by molar-refractivity contribution is 5.92. The van der Waals surface area contributed by atoms with Gasteiger partial charge in [-0.2, -0.15) is 0 Å². The topological polar surface area (TPSA) is 57.3 Å². The van der Waals surface area contributed by atoms with Crippen LogP contribution in [-0.4, -0.2) is 43.0 Å². The summed E-state index contributed by atoms with van der Waals surface area (Å²) in [6.45, 7) is 3.51. The van der Waals surface area contributed by atoms with Crippen LogP contribution < -0.4 is 10.6 Å². The van der Waals surface area contributed by atoms with Gasteiger partial charge in [0.25, 0.3) is 5.91 Å². The average molecular weight is 312 g/mol. The monoisotopic (exact) mass is 312 g/mol. The van der Waals surface area contributed by atoms with E-state index in [1.807, 2.05) is 43.3 Å². The molecule has 1 aromatic carbocycles. The Kier molecular flexibility index (Phi) is 6.11. The van der Waals surface area contributed by atoms with Crippen molar-refractivity contribution < 1.29 is 4.79 Å². The van der Waals surface area contributed by atoms with Crippen molar-refractivity contribution in [2.24, 2.45) is 0 Å². The molecule has 1 unspecified atom stereocenters. The van der Waals surface area contributed by atoms with Crippen LogP contribution in [0.4, 0.5) is 5.69 Å². The molecule has 1 atom stereocenters. The summed E-state index contributed by atoms with van der Waals surface area (Å²) in [4.78, 5) is 18.2. The van der Waals surface area contributed by atoms with Gasteiger partial charge in [-0.1, -0.05) is 30.3 Å². The fraction of sp³-hybridized carbons (Fsp3) is 0.333. The summed E-state index contributed by atoms with van der Waals surface area (Å²) in [5.41, 5.74) is 2.53. The van der Waals surface area contributed by atoms with Gasteiger partial charge in [-0.25, -0.2) is 4.98 Å². The van der Waals surface area contributed by atoms with Crippen molar-refractivity contribution in [3.8, 4) is 0 Å². The zero-order chi connectivity index (χ0) is 16.7. The van der Waals surface area contributed by atoms with E-state index in [0.29, 0.717) is 12.2 Å². The smallest absolute Gasteiger partial charge is 0.269 e. The normalized spacial score (nSPS) is 12.0. The molecule has 0 bridgehead atoms. The van der Waals surface area contributed by atoms with Gasteiger partial charge in [0.05, 0.1) is 11.9 Å². The van der Waals surface area contributed by atoms with Crippen molar-refractivity contribution in [1.29, 1.82) is 0 Å². The zero-order valence-corrected chi connectivity index (χ0v) is 13.9. The molecule has 1 heterocycles. The molecule has 0 fully saturated rings. The minimum absolute atomic E-state index is 0.144. The van der Waals surface area contributed by atoms with E-state index in [4.69, 9.17) is 0 Å². The molecule has 1 aromatic heterocycles. The summed E-state index contributed by atoms with van der Waals surface area (Å²) < 4.78 is 0. The van der Waals surface area contributed by atoms with Gasteiger partial charge < -0.3 is 15.5 Å². The quantitative estimate of drug-likeness (QED) is 0.825. The number of carbonyl (C=O) groups is 1. The number of nitrogens with one attached hydrogen (secondary N) is 2. The predicted molar refractivity (Wildman–Crippen MR) is 93.6 cm³/mol. The van der Waals surface area contributed by atoms with Crippen molar-refractivity contribution in [2.75, 3.05) is 32.5 Å². The molecule has 122 valence electrons. The Morgan fingerprint density at radius 1 is 1.17 bits per heavy atom. The number of hydrogen-bond donors (Lipinski definition) is 2. The van der Waals surface area contributed by atoms with Gasteiger partial charge in [0.15, 0.2) is 0 Å². The lowest BCUT2D eigenvalue weighted by Crippen LogP contribution is -2.31. The third-order valence-electron chi connectivity index (χ3n) is 3.52. The van der Waals surface area contributed by atoms with Crippen LogP contribution in [0.3, 0.4) is 0 Å². The van der Waals surface area contributed by atoms with Gasteiger partial charge in [-0.15, -0.1) is 0 Å². The fourth-order valence-corrected chi connectivity index (χ4v) is 2.17. The molecule has 0 aliphatic rings. The number of anilines is 1. The molecular formula is C18H24N4O. The number of likely N-dealkylation sites (N-methyl/N-ethyl adjacent to an activating group) is 1. The van der Waals surface area contributed by atoms with Crippen LogP contribution in [0.2, 0.25) is 0 Å². The van der Waals surface area contributed by atoms with E-state index in [2.05, 4.69) is 34.7 Å². The summed E-state index contributed by atoms with van der Waals surface area (Å²) in [7, 11) is 3.94. The van der Waals surface area contributed by atoms with Gasteiger partial charge in [0.1, 0.15) is 5.69 Å². The Morgan fingerprint density at radius 3 is 2.52 bits per heavy atom. The molecule has 1 amide bonds. The molecule has 0 aliphatic heterocycles. The second-order valence-corrected chi connectivity index (χ2v) is 5.77. The van der Waals surface area contributed by atoms with Crippen molar-refractivity contribution in [3.05, 3.63) is 59.9 Å². The van der Waals surface area contributed by atoms with Crippen LogP contribution in [0.5, 0.6) is 0 Å². The van der Waals surface area contributed by atoms with Crippen molar-refractivity contribution in [3.63, 3.8) is 0 Å². The molecule has 2 aromatic rings. The molecule has 0 radical (unpaired) electrons. The number of amides is 1. The highest BCUT2D eigenvalue weighted by atomic mass is 16.1. The number of aromatic nitrogens is 1. The summed E-state index contributed by atoms with van der Waals surface area (Å²) in [5, 5.41) is 6.23. The van der Waals surface area contributed by atoms with Crippen LogP contribution in [-0.2, 0) is 0 Å². The molecule has 5 heteroatoms. The van der Waals surface area contributed by atoms with Crippen molar-refractivity contribution in [2.45, 2.75) is 13.0 Å². The predicted octanol–water partition coefficient (Wildman–Crippen LogP) is 2.55. The van der Waals surface area contributed by atoms with Gasteiger partial charge >= 0.3 is 0 Å². The van der Waals surface area contributed by atoms with Gasteiger partial charge in [0.2, 0.25) is 0 Å². The summed E-state index contributed by atoms with van der Waals surface area (Å²) in [6, 6.07) is 14.0.